The second-order valence-electron chi connectivity index (χ2n) is 10.3. The van der Waals surface area contributed by atoms with Crippen LogP contribution in [0.2, 0.25) is 0 Å². The highest BCUT2D eigenvalue weighted by Gasteiger charge is 2.43. The molecule has 2 aliphatic carbocycles. The molecule has 0 amide bonds. The molecule has 5 heteroatoms. The van der Waals surface area contributed by atoms with E-state index < -0.39 is 11.5 Å². The maximum atomic E-state index is 12.9. The van der Waals surface area contributed by atoms with Gasteiger partial charge < -0.3 is 14.6 Å². The summed E-state index contributed by atoms with van der Waals surface area (Å²) >= 11 is 0. The van der Waals surface area contributed by atoms with Crippen LogP contribution >= 0.6 is 0 Å². The van der Waals surface area contributed by atoms with Crippen molar-refractivity contribution >= 4 is 11.9 Å². The number of hydrogen-bond acceptors (Lipinski definition) is 5. The minimum absolute atomic E-state index is 0.0949. The Morgan fingerprint density at radius 1 is 1.27 bits per heavy atom. The summed E-state index contributed by atoms with van der Waals surface area (Å²) in [6.45, 7) is 10.3. The standard InChI is InChI=1S/C25H38O5/c1-6-25(4,5)24(28)30-21-12-15(2)11-17-8-7-16(3)20(23(17)21)10-9-19-13-18(26)14-22(27)29-19/h7-8,11,15-16,18-21,23,26H,6,9-10,12-14H2,1-5H3/t15-,16-,18-,19-,20-,21?,23-/m0/s1. The van der Waals surface area contributed by atoms with Crippen LogP contribution in [0.3, 0.4) is 0 Å². The summed E-state index contributed by atoms with van der Waals surface area (Å²) in [7, 11) is 0. The third-order valence-corrected chi connectivity index (χ3v) is 7.35. The minimum Gasteiger partial charge on any atom is -0.462 e. The Morgan fingerprint density at radius 2 is 2.00 bits per heavy atom. The molecule has 7 atom stereocenters. The van der Waals surface area contributed by atoms with Gasteiger partial charge >= 0.3 is 11.9 Å². The van der Waals surface area contributed by atoms with Crippen LogP contribution in [0.25, 0.3) is 0 Å². The molecule has 0 aromatic heterocycles. The Bertz CT molecular complexity index is 706. The predicted octanol–water partition coefficient (Wildman–Crippen LogP) is 4.59. The third kappa shape index (κ3) is 5.16. The topological polar surface area (TPSA) is 72.8 Å². The molecule has 1 unspecified atom stereocenters. The van der Waals surface area contributed by atoms with E-state index in [4.69, 9.17) is 9.47 Å². The molecule has 168 valence electrons. The number of rotatable bonds is 6. The first-order chi connectivity index (χ1) is 14.1. The average Bonchev–Trinajstić information content (AvgIpc) is 2.66. The van der Waals surface area contributed by atoms with Crippen molar-refractivity contribution in [1.29, 1.82) is 0 Å². The molecule has 0 radical (unpaired) electrons. The quantitative estimate of drug-likeness (QED) is 0.639. The Kier molecular flexibility index (Phi) is 7.11. The highest BCUT2D eigenvalue weighted by molar-refractivity contribution is 5.76. The smallest absolute Gasteiger partial charge is 0.311 e. The van der Waals surface area contributed by atoms with Gasteiger partial charge in [0.25, 0.3) is 0 Å². The van der Waals surface area contributed by atoms with Crippen LogP contribution in [0, 0.1) is 29.1 Å². The van der Waals surface area contributed by atoms with E-state index in [2.05, 4.69) is 32.1 Å². The van der Waals surface area contributed by atoms with Crippen LogP contribution in [-0.2, 0) is 19.1 Å². The molecule has 1 saturated heterocycles. The van der Waals surface area contributed by atoms with Gasteiger partial charge in [-0.3, -0.25) is 9.59 Å². The lowest BCUT2D eigenvalue weighted by molar-refractivity contribution is -0.166. The van der Waals surface area contributed by atoms with E-state index >= 15 is 0 Å². The molecule has 3 rings (SSSR count). The predicted molar refractivity (Wildman–Crippen MR) is 115 cm³/mol. The highest BCUT2D eigenvalue weighted by Crippen LogP contribution is 2.45. The van der Waals surface area contributed by atoms with Crippen LogP contribution in [0.15, 0.2) is 23.8 Å². The van der Waals surface area contributed by atoms with Crippen molar-refractivity contribution < 1.29 is 24.2 Å². The van der Waals surface area contributed by atoms with Crippen LogP contribution in [0.4, 0.5) is 0 Å². The second kappa shape index (κ2) is 9.25. The number of esters is 2. The van der Waals surface area contributed by atoms with E-state index in [9.17, 15) is 14.7 Å². The van der Waals surface area contributed by atoms with Gasteiger partial charge in [0, 0.05) is 12.3 Å². The summed E-state index contributed by atoms with van der Waals surface area (Å²) < 4.78 is 11.6. The molecule has 3 aliphatic rings. The first-order valence-corrected chi connectivity index (χ1v) is 11.6. The maximum Gasteiger partial charge on any atom is 0.311 e. The number of carbonyl (C=O) groups excluding carboxylic acids is 2. The Morgan fingerprint density at radius 3 is 2.67 bits per heavy atom. The summed E-state index contributed by atoms with van der Waals surface area (Å²) in [6, 6.07) is 0. The highest BCUT2D eigenvalue weighted by atomic mass is 16.6. The van der Waals surface area contributed by atoms with E-state index in [1.807, 2.05) is 20.8 Å². The average molecular weight is 419 g/mol. The van der Waals surface area contributed by atoms with Gasteiger partial charge in [-0.05, 0) is 62.9 Å². The number of aliphatic hydroxyl groups is 1. The van der Waals surface area contributed by atoms with Gasteiger partial charge in [0.15, 0.2) is 0 Å². The number of hydrogen-bond donors (Lipinski definition) is 1. The molecular weight excluding hydrogens is 380 g/mol. The fraction of sp³-hybridized carbons (Fsp3) is 0.760. The zero-order valence-electron chi connectivity index (χ0n) is 19.1. The molecule has 1 fully saturated rings. The number of aliphatic hydroxyl groups excluding tert-OH is 1. The molecule has 0 spiro atoms. The Labute approximate surface area is 180 Å². The van der Waals surface area contributed by atoms with Gasteiger partial charge in [-0.2, -0.15) is 0 Å². The fourth-order valence-corrected chi connectivity index (χ4v) is 5.08. The Balaban J connectivity index is 1.76. The largest absolute Gasteiger partial charge is 0.462 e. The van der Waals surface area contributed by atoms with Crippen LogP contribution in [0.5, 0.6) is 0 Å². The molecule has 0 bridgehead atoms. The molecule has 0 saturated carbocycles. The fourth-order valence-electron chi connectivity index (χ4n) is 5.08. The van der Waals surface area contributed by atoms with E-state index in [1.165, 1.54) is 5.57 Å². The summed E-state index contributed by atoms with van der Waals surface area (Å²) in [5, 5.41) is 9.92. The monoisotopic (exact) mass is 418 g/mol. The lowest BCUT2D eigenvalue weighted by Crippen LogP contribution is -2.43. The third-order valence-electron chi connectivity index (χ3n) is 7.35. The zero-order valence-corrected chi connectivity index (χ0v) is 19.1. The molecule has 30 heavy (non-hydrogen) atoms. The zero-order chi connectivity index (χ0) is 22.1. The molecular formula is C25H38O5. The van der Waals surface area contributed by atoms with E-state index in [0.29, 0.717) is 24.2 Å². The van der Waals surface area contributed by atoms with Crippen molar-refractivity contribution in [3.05, 3.63) is 23.8 Å². The SMILES string of the molecule is CCC(C)(C)C(=O)OC1C[C@@H](C)C=C2C=C[C@H](C)[C@H](CC[C@H]3C[C@H](O)CC(=O)O3)[C@H]21. The summed E-state index contributed by atoms with van der Waals surface area (Å²) in [5.41, 5.74) is 0.785. The molecule has 5 nitrogen and oxygen atoms in total. The number of fused-ring (bicyclic) bond motifs is 1. The number of ether oxygens (including phenoxy) is 2. The summed E-state index contributed by atoms with van der Waals surface area (Å²) in [5.74, 6) is 0.776. The number of carbonyl (C=O) groups is 2. The Hall–Kier alpha value is -1.62. The van der Waals surface area contributed by atoms with Gasteiger partial charge in [0.2, 0.25) is 0 Å². The van der Waals surface area contributed by atoms with Gasteiger partial charge in [-0.15, -0.1) is 0 Å². The van der Waals surface area contributed by atoms with Gasteiger partial charge in [0.05, 0.1) is 17.9 Å². The summed E-state index contributed by atoms with van der Waals surface area (Å²) in [6.07, 6.45) is 9.61. The van der Waals surface area contributed by atoms with Crippen molar-refractivity contribution in [1.82, 2.24) is 0 Å². The maximum absolute atomic E-state index is 12.9. The lowest BCUT2D eigenvalue weighted by atomic mass is 9.65. The normalized spacial score (nSPS) is 36.5. The van der Waals surface area contributed by atoms with E-state index in [0.717, 1.165) is 25.7 Å². The molecule has 0 aromatic rings. The molecule has 1 aliphatic heterocycles. The van der Waals surface area contributed by atoms with Crippen molar-refractivity contribution in [2.24, 2.45) is 29.1 Å². The molecule has 1 heterocycles. The van der Waals surface area contributed by atoms with Crippen LogP contribution in [-0.4, -0.2) is 35.4 Å². The van der Waals surface area contributed by atoms with Crippen molar-refractivity contribution in [2.75, 3.05) is 0 Å². The molecule has 0 aromatic carbocycles. The minimum atomic E-state index is -0.601. The number of allylic oxidation sites excluding steroid dienone is 3. The van der Waals surface area contributed by atoms with Crippen molar-refractivity contribution in [3.63, 3.8) is 0 Å². The van der Waals surface area contributed by atoms with Gasteiger partial charge in [-0.1, -0.05) is 39.0 Å². The van der Waals surface area contributed by atoms with Crippen LogP contribution in [0.1, 0.15) is 73.1 Å². The van der Waals surface area contributed by atoms with Crippen LogP contribution < -0.4 is 0 Å². The first-order valence-electron chi connectivity index (χ1n) is 11.6. The van der Waals surface area contributed by atoms with Crippen molar-refractivity contribution in [3.8, 4) is 0 Å². The van der Waals surface area contributed by atoms with Gasteiger partial charge in [-0.25, -0.2) is 0 Å². The molecule has 1 N–H and O–H groups in total. The van der Waals surface area contributed by atoms with E-state index in [-0.39, 0.29) is 36.5 Å². The number of cyclic esters (lactones) is 1. The van der Waals surface area contributed by atoms with E-state index in [1.54, 1.807) is 0 Å². The second-order valence-corrected chi connectivity index (χ2v) is 10.3. The van der Waals surface area contributed by atoms with Gasteiger partial charge in [0.1, 0.15) is 12.2 Å². The lowest BCUT2D eigenvalue weighted by Gasteiger charge is -2.44. The summed E-state index contributed by atoms with van der Waals surface area (Å²) in [4.78, 5) is 24.6. The van der Waals surface area contributed by atoms with Crippen molar-refractivity contribution in [2.45, 2.75) is 91.5 Å². The first kappa shape index (κ1) is 23.1.